The molecular weight excluding hydrogens is 996 g/mol. The molecule has 8 aromatic rings. The average molecular weight is 1050 g/mol. The van der Waals surface area contributed by atoms with E-state index in [-0.39, 0.29) is 24.4 Å². The van der Waals surface area contributed by atoms with Gasteiger partial charge in [0.1, 0.15) is 19.0 Å². The number of fused-ring (bicyclic) bond motifs is 2. The predicted molar refractivity (Wildman–Crippen MR) is 290 cm³/mol. The zero-order chi connectivity index (χ0) is 52.2. The van der Waals surface area contributed by atoms with Crippen LogP contribution in [0.4, 0.5) is 11.4 Å². The highest BCUT2D eigenvalue weighted by Crippen LogP contribution is 2.40. The number of nitrogens with one attached hydrogen (secondary N) is 8. The smallest absolute Gasteiger partial charge is 0.251 e. The Kier molecular flexibility index (Phi) is 13.9. The molecular formula is C57H57ClN14O5. The summed E-state index contributed by atoms with van der Waals surface area (Å²) >= 11 is 6.42. The second kappa shape index (κ2) is 21.7. The van der Waals surface area contributed by atoms with Gasteiger partial charge in [0.05, 0.1) is 28.7 Å². The number of ether oxygens (including phenoxy) is 3. The molecule has 8 heterocycles. The first-order valence-electron chi connectivity index (χ1n) is 26.1. The van der Waals surface area contributed by atoms with Crippen molar-refractivity contribution >= 4 is 34.8 Å². The van der Waals surface area contributed by atoms with Gasteiger partial charge in [-0.2, -0.15) is 10.2 Å². The van der Waals surface area contributed by atoms with Crippen molar-refractivity contribution in [3.8, 4) is 40.0 Å². The van der Waals surface area contributed by atoms with Gasteiger partial charge in [-0.3, -0.25) is 29.8 Å². The van der Waals surface area contributed by atoms with Crippen LogP contribution in [0.5, 0.6) is 17.2 Å². The predicted octanol–water partition coefficient (Wildman–Crippen LogP) is 7.63. The van der Waals surface area contributed by atoms with Crippen LogP contribution in [0, 0.1) is 0 Å². The molecule has 0 aliphatic carbocycles. The van der Waals surface area contributed by atoms with Crippen molar-refractivity contribution in [2.75, 3.05) is 56.6 Å². The van der Waals surface area contributed by atoms with Crippen LogP contribution >= 0.6 is 11.6 Å². The van der Waals surface area contributed by atoms with E-state index < -0.39 is 11.1 Å². The Morgan fingerprint density at radius 3 is 1.90 bits per heavy atom. The third kappa shape index (κ3) is 10.6. The van der Waals surface area contributed by atoms with Crippen molar-refractivity contribution in [2.24, 2.45) is 0 Å². The molecule has 0 unspecified atom stereocenters. The summed E-state index contributed by atoms with van der Waals surface area (Å²) in [5, 5.41) is 37.1. The van der Waals surface area contributed by atoms with E-state index in [9.17, 15) is 9.59 Å². The number of hydrogen-bond donors (Lipinski definition) is 8. The van der Waals surface area contributed by atoms with Gasteiger partial charge < -0.3 is 46.1 Å². The van der Waals surface area contributed by atoms with Crippen LogP contribution in [0.15, 0.2) is 122 Å². The number of benzene rings is 4. The van der Waals surface area contributed by atoms with Gasteiger partial charge in [-0.15, -0.1) is 0 Å². The number of carbonyl (C=O) groups excluding carboxylic acids is 2. The van der Waals surface area contributed by atoms with Crippen molar-refractivity contribution in [1.29, 1.82) is 0 Å². The van der Waals surface area contributed by atoms with Gasteiger partial charge >= 0.3 is 0 Å². The molecule has 4 aliphatic heterocycles. The maximum absolute atomic E-state index is 14.0. The van der Waals surface area contributed by atoms with Gasteiger partial charge in [-0.25, -0.2) is 9.97 Å². The van der Waals surface area contributed by atoms with E-state index >= 15 is 0 Å². The number of aromatic nitrogens is 8. The van der Waals surface area contributed by atoms with E-state index in [1.807, 2.05) is 97.1 Å². The molecule has 77 heavy (non-hydrogen) atoms. The molecule has 4 aromatic heterocycles. The first-order chi connectivity index (χ1) is 37.8. The minimum absolute atomic E-state index is 0.188. The zero-order valence-electron chi connectivity index (χ0n) is 42.1. The summed E-state index contributed by atoms with van der Waals surface area (Å²) in [4.78, 5) is 46.7. The molecule has 2 amide bonds. The largest absolute Gasteiger partial charge is 0.492 e. The Balaban J connectivity index is 0.742. The Morgan fingerprint density at radius 1 is 0.636 bits per heavy atom. The number of pyridine rings is 2. The summed E-state index contributed by atoms with van der Waals surface area (Å²) < 4.78 is 17.9. The minimum atomic E-state index is -0.598. The van der Waals surface area contributed by atoms with E-state index in [0.29, 0.717) is 83.5 Å². The van der Waals surface area contributed by atoms with Gasteiger partial charge in [-0.1, -0.05) is 35.9 Å². The number of piperidine rings is 2. The summed E-state index contributed by atoms with van der Waals surface area (Å²) in [6.45, 7) is 4.65. The first-order valence-corrected chi connectivity index (χ1v) is 26.5. The quantitative estimate of drug-likeness (QED) is 0.0492. The van der Waals surface area contributed by atoms with Crippen LogP contribution in [-0.2, 0) is 24.0 Å². The van der Waals surface area contributed by atoms with Crippen molar-refractivity contribution in [3.63, 3.8) is 0 Å². The van der Waals surface area contributed by atoms with Gasteiger partial charge in [0.15, 0.2) is 34.8 Å². The molecule has 392 valence electrons. The van der Waals surface area contributed by atoms with Gasteiger partial charge in [0.25, 0.3) is 11.8 Å². The Hall–Kier alpha value is -8.39. The highest BCUT2D eigenvalue weighted by Gasteiger charge is 2.39. The number of carbonyl (C=O) groups is 2. The van der Waals surface area contributed by atoms with Gasteiger partial charge in [0, 0.05) is 82.9 Å². The molecule has 19 nitrogen and oxygen atoms in total. The molecule has 0 radical (unpaired) electrons. The number of para-hydroxylation sites is 1. The fourth-order valence-corrected chi connectivity index (χ4v) is 11.0. The number of nitrogens with zero attached hydrogens (tertiary/aromatic N) is 6. The van der Waals surface area contributed by atoms with Crippen LogP contribution < -0.4 is 46.1 Å². The lowest BCUT2D eigenvalue weighted by Gasteiger charge is -2.37. The maximum Gasteiger partial charge on any atom is 0.251 e. The number of anilines is 2. The Morgan fingerprint density at radius 2 is 1.23 bits per heavy atom. The molecule has 1 atom stereocenters. The molecule has 0 saturated carbocycles. The van der Waals surface area contributed by atoms with E-state index in [1.165, 1.54) is 0 Å². The molecule has 2 fully saturated rings. The fourth-order valence-electron chi connectivity index (χ4n) is 10.8. The van der Waals surface area contributed by atoms with E-state index in [1.54, 1.807) is 24.7 Å². The minimum Gasteiger partial charge on any atom is -0.492 e. The summed E-state index contributed by atoms with van der Waals surface area (Å²) in [6.07, 6.45) is 9.26. The Bertz CT molecular complexity index is 3430. The second-order valence-corrected chi connectivity index (χ2v) is 20.2. The van der Waals surface area contributed by atoms with Crippen LogP contribution in [0.1, 0.15) is 92.9 Å². The van der Waals surface area contributed by atoms with E-state index in [0.717, 1.165) is 103 Å². The average Bonchev–Trinajstić information content (AvgIpc) is 4.21. The highest BCUT2D eigenvalue weighted by molar-refractivity contribution is 6.32. The third-order valence-electron chi connectivity index (χ3n) is 14.8. The topological polar surface area (TPSA) is 243 Å². The molecule has 12 rings (SSSR count). The molecule has 4 aliphatic rings. The molecule has 2 saturated heterocycles. The van der Waals surface area contributed by atoms with Crippen LogP contribution in [0.25, 0.3) is 22.8 Å². The van der Waals surface area contributed by atoms with Crippen molar-refractivity contribution in [3.05, 3.63) is 172 Å². The second-order valence-electron chi connectivity index (χ2n) is 19.8. The van der Waals surface area contributed by atoms with Crippen LogP contribution in [0.3, 0.4) is 0 Å². The number of amides is 2. The normalized spacial score (nSPS) is 17.3. The van der Waals surface area contributed by atoms with E-state index in [2.05, 4.69) is 52.2 Å². The molecule has 4 aromatic carbocycles. The molecule has 0 spiro atoms. The highest BCUT2D eigenvalue weighted by atomic mass is 35.5. The summed E-state index contributed by atoms with van der Waals surface area (Å²) in [5.41, 5.74) is 6.60. The maximum atomic E-state index is 14.0. The number of aromatic amines is 2. The summed E-state index contributed by atoms with van der Waals surface area (Å²) in [6, 6.07) is 32.1. The monoisotopic (exact) mass is 1050 g/mol. The van der Waals surface area contributed by atoms with Gasteiger partial charge in [0.2, 0.25) is 0 Å². The molecule has 0 bridgehead atoms. The third-order valence-corrected chi connectivity index (χ3v) is 15.1. The Labute approximate surface area is 449 Å². The summed E-state index contributed by atoms with van der Waals surface area (Å²) in [7, 11) is 0. The molecule has 20 heteroatoms. The van der Waals surface area contributed by atoms with Crippen molar-refractivity contribution in [1.82, 2.24) is 61.6 Å². The SMILES string of the molecule is O=C(NCc1cc2c(cc1Cc1cc(-c3n[nH]c(C4(Nc5cccc(C(=O)N[C@@H]6CCOc7c(Cl)cccc76)c5)CCNCC4)n3)ccn1)OCCO2)c1cccc(NC2(c3nc(-c4ccncc4)n[nH]3)CCNCC2)c1. The van der Waals surface area contributed by atoms with Crippen LogP contribution in [-0.4, -0.2) is 98.1 Å². The number of halogens is 1. The van der Waals surface area contributed by atoms with Gasteiger partial charge in [-0.05, 0) is 142 Å². The van der Waals surface area contributed by atoms with Crippen molar-refractivity contribution < 1.29 is 23.8 Å². The number of hydrogen-bond acceptors (Lipinski definition) is 15. The standard InChI is InChI=1S/C57H57ClN14O5/c58-45-9-3-8-44-46(13-25-77-49(44)45)64-53(74)38-5-2-7-42(30-38)68-57(16-23-61-24-17-57)55-66-51(70-72-55)36-12-20-62-43(28-36)31-39-32-47-48(76-27-26-75-47)33-40(39)34-63-52(73)37-4-1-6-41(29-37)67-56(14-21-60-22-15-56)54-65-50(69-71-54)35-10-18-59-19-11-35/h1-12,18-20,28-30,32-33,46,60-61,67-68H,13-17,21-27,31,34H2,(H,63,73)(H,64,74)(H,65,69,71)(H,66,70,72)/t46-/m1/s1. The summed E-state index contributed by atoms with van der Waals surface area (Å²) in [5.74, 6) is 4.04. The number of rotatable bonds is 15. The lowest BCUT2D eigenvalue weighted by atomic mass is 9.87. The van der Waals surface area contributed by atoms with E-state index in [4.69, 9.17) is 45.9 Å². The van der Waals surface area contributed by atoms with Crippen LogP contribution in [0.2, 0.25) is 5.02 Å². The number of H-pyrrole nitrogens is 2. The lowest BCUT2D eigenvalue weighted by Crippen LogP contribution is -2.46. The van der Waals surface area contributed by atoms with Crippen molar-refractivity contribution in [2.45, 2.75) is 62.2 Å². The lowest BCUT2D eigenvalue weighted by molar-refractivity contribution is 0.0922. The fraction of sp³-hybridized carbons (Fsp3) is 0.298. The molecule has 8 N–H and O–H groups in total. The zero-order valence-corrected chi connectivity index (χ0v) is 42.9. The first kappa shape index (κ1) is 49.5.